The average molecular weight is 390 g/mol. The molecular weight excluding hydrogens is 375 g/mol. The maximum Gasteiger partial charge on any atom is 0.428 e. The van der Waals surface area contributed by atoms with Crippen molar-refractivity contribution in [3.8, 4) is 11.3 Å². The zero-order chi connectivity index (χ0) is 17.9. The largest absolute Gasteiger partial charge is 0.455 e. The summed E-state index contributed by atoms with van der Waals surface area (Å²) < 4.78 is 10.7. The predicted octanol–water partition coefficient (Wildman–Crippen LogP) is 5.77. The fourth-order valence-electron chi connectivity index (χ4n) is 1.73. The van der Waals surface area contributed by atoms with E-state index in [0.29, 0.717) is 32.2 Å². The van der Waals surface area contributed by atoms with E-state index >= 15 is 0 Å². The van der Waals surface area contributed by atoms with Gasteiger partial charge >= 0.3 is 6.09 Å². The van der Waals surface area contributed by atoms with E-state index in [4.69, 9.17) is 44.0 Å². The van der Waals surface area contributed by atoms with Crippen LogP contribution in [-0.4, -0.2) is 17.9 Å². The second kappa shape index (κ2) is 7.47. The van der Waals surface area contributed by atoms with Crippen LogP contribution in [0.5, 0.6) is 0 Å². The number of hydrogen-bond acceptors (Lipinski definition) is 4. The summed E-state index contributed by atoms with van der Waals surface area (Å²) >= 11 is 18.0. The van der Waals surface area contributed by atoms with Crippen LogP contribution in [-0.2, 0) is 4.74 Å². The van der Waals surface area contributed by atoms with Gasteiger partial charge in [0.1, 0.15) is 17.1 Å². The third-order valence-corrected chi connectivity index (χ3v) is 3.68. The second-order valence-corrected chi connectivity index (χ2v) is 7.04. The number of hydrazone groups is 1. The molecule has 0 radical (unpaired) electrons. The normalized spacial score (nSPS) is 11.8. The summed E-state index contributed by atoms with van der Waals surface area (Å²) in [5, 5.41) is 4.91. The van der Waals surface area contributed by atoms with Crippen molar-refractivity contribution >= 4 is 47.1 Å². The monoisotopic (exact) mass is 388 g/mol. The molecule has 24 heavy (non-hydrogen) atoms. The molecule has 1 aromatic carbocycles. The molecule has 5 nitrogen and oxygen atoms in total. The van der Waals surface area contributed by atoms with Crippen LogP contribution in [0.2, 0.25) is 15.1 Å². The zero-order valence-corrected chi connectivity index (χ0v) is 15.5. The molecule has 0 spiro atoms. The van der Waals surface area contributed by atoms with Crippen molar-refractivity contribution in [2.75, 3.05) is 0 Å². The highest BCUT2D eigenvalue weighted by molar-refractivity contribution is 6.44. The smallest absolute Gasteiger partial charge is 0.428 e. The molecule has 0 bridgehead atoms. The summed E-state index contributed by atoms with van der Waals surface area (Å²) in [6.45, 7) is 5.28. The van der Waals surface area contributed by atoms with Crippen molar-refractivity contribution in [1.82, 2.24) is 5.43 Å². The van der Waals surface area contributed by atoms with E-state index in [0.717, 1.165) is 0 Å². The number of carbonyl (C=O) groups is 1. The highest BCUT2D eigenvalue weighted by Crippen LogP contribution is 2.35. The Bertz CT molecular complexity index is 779. The lowest BCUT2D eigenvalue weighted by molar-refractivity contribution is 0.0529. The second-order valence-electron chi connectivity index (χ2n) is 5.82. The molecule has 128 valence electrons. The van der Waals surface area contributed by atoms with Crippen LogP contribution in [0.4, 0.5) is 4.79 Å². The predicted molar refractivity (Wildman–Crippen MR) is 96.1 cm³/mol. The number of furan rings is 1. The summed E-state index contributed by atoms with van der Waals surface area (Å²) in [6.07, 6.45) is 0.692. The van der Waals surface area contributed by atoms with Crippen LogP contribution < -0.4 is 5.43 Å². The molecule has 1 amide bonds. The lowest BCUT2D eigenvalue weighted by Gasteiger charge is -2.18. The molecule has 0 atom stereocenters. The molecule has 0 aliphatic rings. The van der Waals surface area contributed by atoms with Gasteiger partial charge in [-0.2, -0.15) is 5.10 Å². The number of hydrogen-bond donors (Lipinski definition) is 1. The molecule has 1 N–H and O–H groups in total. The van der Waals surface area contributed by atoms with E-state index in [1.165, 1.54) is 6.21 Å². The number of nitrogens with one attached hydrogen (secondary N) is 1. The Balaban J connectivity index is 2.07. The summed E-state index contributed by atoms with van der Waals surface area (Å²) in [5.41, 5.74) is 2.26. The van der Waals surface area contributed by atoms with E-state index in [1.54, 1.807) is 45.0 Å². The Hall–Kier alpha value is -1.69. The third kappa shape index (κ3) is 5.16. The fourth-order valence-corrected chi connectivity index (χ4v) is 2.37. The lowest BCUT2D eigenvalue weighted by Crippen LogP contribution is -2.29. The van der Waals surface area contributed by atoms with Crippen LogP contribution in [0, 0.1) is 0 Å². The number of halogens is 3. The number of benzene rings is 1. The summed E-state index contributed by atoms with van der Waals surface area (Å²) in [5.74, 6) is 0.917. The molecule has 0 saturated heterocycles. The minimum Gasteiger partial charge on any atom is -0.455 e. The molecule has 2 rings (SSSR count). The molecule has 8 heteroatoms. The van der Waals surface area contributed by atoms with Crippen LogP contribution in [0.1, 0.15) is 26.5 Å². The number of rotatable bonds is 3. The standard InChI is InChI=1S/C16H15Cl3N2O3/c1-16(2,3)24-15(22)21-20-8-9-4-5-14(23-9)10-6-12(18)13(19)7-11(10)17/h4-8H,1-3H3,(H,21,22)/b20-8-. The summed E-state index contributed by atoms with van der Waals surface area (Å²) in [7, 11) is 0. The van der Waals surface area contributed by atoms with E-state index < -0.39 is 11.7 Å². The molecule has 0 aliphatic carbocycles. The SMILES string of the molecule is CC(C)(C)OC(=O)N/N=C\c1ccc(-c2cc(Cl)c(Cl)cc2Cl)o1. The van der Waals surface area contributed by atoms with Gasteiger partial charge in [-0.25, -0.2) is 10.2 Å². The van der Waals surface area contributed by atoms with Gasteiger partial charge in [-0.3, -0.25) is 0 Å². The van der Waals surface area contributed by atoms with Crippen molar-refractivity contribution in [3.63, 3.8) is 0 Å². The Morgan fingerprint density at radius 2 is 1.83 bits per heavy atom. The Labute approximate surface area is 154 Å². The van der Waals surface area contributed by atoms with Gasteiger partial charge in [-0.15, -0.1) is 0 Å². The van der Waals surface area contributed by atoms with Gasteiger partial charge in [0.05, 0.1) is 21.3 Å². The van der Waals surface area contributed by atoms with Crippen molar-refractivity contribution in [2.24, 2.45) is 5.10 Å². The van der Waals surface area contributed by atoms with Crippen molar-refractivity contribution in [3.05, 3.63) is 45.1 Å². The first-order valence-corrected chi connectivity index (χ1v) is 8.06. The van der Waals surface area contributed by atoms with Crippen LogP contribution in [0.15, 0.2) is 33.8 Å². The van der Waals surface area contributed by atoms with Gasteiger partial charge in [-0.05, 0) is 45.0 Å². The number of carbonyl (C=O) groups excluding carboxylic acids is 1. The lowest BCUT2D eigenvalue weighted by atomic mass is 10.2. The molecule has 0 aliphatic heterocycles. The number of amides is 1. The minimum absolute atomic E-state index is 0.361. The van der Waals surface area contributed by atoms with Crippen LogP contribution >= 0.6 is 34.8 Å². The highest BCUT2D eigenvalue weighted by Gasteiger charge is 2.15. The fraction of sp³-hybridized carbons (Fsp3) is 0.250. The van der Waals surface area contributed by atoms with Gasteiger partial charge in [0.25, 0.3) is 0 Å². The number of ether oxygens (including phenoxy) is 1. The van der Waals surface area contributed by atoms with Crippen molar-refractivity contribution in [2.45, 2.75) is 26.4 Å². The number of nitrogens with zero attached hydrogens (tertiary/aromatic N) is 1. The van der Waals surface area contributed by atoms with E-state index in [2.05, 4.69) is 10.5 Å². The molecule has 2 aromatic rings. The van der Waals surface area contributed by atoms with Gasteiger partial charge < -0.3 is 9.15 Å². The van der Waals surface area contributed by atoms with Crippen molar-refractivity contribution < 1.29 is 13.9 Å². The summed E-state index contributed by atoms with van der Waals surface area (Å²) in [4.78, 5) is 11.5. The molecule has 0 fully saturated rings. The van der Waals surface area contributed by atoms with Crippen LogP contribution in [0.25, 0.3) is 11.3 Å². The van der Waals surface area contributed by atoms with Gasteiger partial charge in [0.15, 0.2) is 0 Å². The Morgan fingerprint density at radius 1 is 1.17 bits per heavy atom. The van der Waals surface area contributed by atoms with Crippen LogP contribution in [0.3, 0.4) is 0 Å². The first kappa shape index (κ1) is 18.6. The molecule has 0 saturated carbocycles. The topological polar surface area (TPSA) is 63.8 Å². The molecule has 1 aromatic heterocycles. The molecular formula is C16H15Cl3N2O3. The highest BCUT2D eigenvalue weighted by atomic mass is 35.5. The first-order chi connectivity index (χ1) is 11.2. The minimum atomic E-state index is -0.655. The Morgan fingerprint density at radius 3 is 2.50 bits per heavy atom. The van der Waals surface area contributed by atoms with E-state index in [1.807, 2.05) is 0 Å². The van der Waals surface area contributed by atoms with Gasteiger partial charge in [-0.1, -0.05) is 34.8 Å². The molecule has 1 heterocycles. The zero-order valence-electron chi connectivity index (χ0n) is 13.2. The summed E-state index contributed by atoms with van der Waals surface area (Å²) in [6, 6.07) is 6.54. The average Bonchev–Trinajstić information content (AvgIpc) is 2.89. The maximum atomic E-state index is 11.5. The third-order valence-electron chi connectivity index (χ3n) is 2.65. The van der Waals surface area contributed by atoms with E-state index in [-0.39, 0.29) is 0 Å². The Kier molecular flexibility index (Phi) is 5.80. The van der Waals surface area contributed by atoms with Gasteiger partial charge in [0.2, 0.25) is 0 Å². The van der Waals surface area contributed by atoms with Crippen molar-refractivity contribution in [1.29, 1.82) is 0 Å². The maximum absolute atomic E-state index is 11.5. The van der Waals surface area contributed by atoms with E-state index in [9.17, 15) is 4.79 Å². The van der Waals surface area contributed by atoms with Gasteiger partial charge in [0, 0.05) is 5.56 Å². The molecule has 0 unspecified atom stereocenters. The first-order valence-electron chi connectivity index (χ1n) is 6.92. The quantitative estimate of drug-likeness (QED) is 0.412.